The van der Waals surface area contributed by atoms with Crippen LogP contribution in [0.1, 0.15) is 39.9 Å². The normalized spacial score (nSPS) is 15.4. The van der Waals surface area contributed by atoms with Crippen molar-refractivity contribution in [2.24, 2.45) is 5.92 Å². The van der Waals surface area contributed by atoms with Crippen molar-refractivity contribution in [2.45, 2.75) is 32.6 Å². The van der Waals surface area contributed by atoms with Crippen molar-refractivity contribution in [2.75, 3.05) is 18.1 Å². The van der Waals surface area contributed by atoms with Crippen molar-refractivity contribution in [1.29, 1.82) is 5.26 Å². The molecular formula is C21H21FN2O3S. The molecule has 1 aliphatic carbocycles. The number of nitriles is 1. The van der Waals surface area contributed by atoms with E-state index in [0.717, 1.165) is 19.3 Å². The third-order valence-corrected chi connectivity index (χ3v) is 5.96. The van der Waals surface area contributed by atoms with Crippen molar-refractivity contribution < 1.29 is 18.7 Å². The Hall–Kier alpha value is -2.72. The van der Waals surface area contributed by atoms with Crippen LogP contribution in [0.5, 0.6) is 0 Å². The van der Waals surface area contributed by atoms with Crippen LogP contribution in [0.25, 0.3) is 0 Å². The highest BCUT2D eigenvalue weighted by atomic mass is 32.1. The van der Waals surface area contributed by atoms with Crippen molar-refractivity contribution in [1.82, 2.24) is 0 Å². The van der Waals surface area contributed by atoms with Gasteiger partial charge >= 0.3 is 5.97 Å². The molecule has 146 valence electrons. The number of carbonyl (C=O) groups excluding carboxylic acids is 2. The maximum atomic E-state index is 13.1. The lowest BCUT2D eigenvalue weighted by Crippen LogP contribution is -2.35. The lowest BCUT2D eigenvalue weighted by Gasteiger charge is -2.21. The summed E-state index contributed by atoms with van der Waals surface area (Å²) in [5, 5.41) is 8.82. The van der Waals surface area contributed by atoms with Gasteiger partial charge in [0.05, 0.1) is 12.5 Å². The second-order valence-electron chi connectivity index (χ2n) is 6.91. The smallest absolute Gasteiger partial charge is 0.348 e. The fourth-order valence-electron chi connectivity index (χ4n) is 3.26. The minimum atomic E-state index is -0.514. The fourth-order valence-corrected chi connectivity index (χ4v) is 4.37. The van der Waals surface area contributed by atoms with Crippen LogP contribution in [0.3, 0.4) is 0 Å². The number of hydrogen-bond acceptors (Lipinski definition) is 5. The zero-order valence-corrected chi connectivity index (χ0v) is 16.4. The summed E-state index contributed by atoms with van der Waals surface area (Å²) in [4.78, 5) is 28.0. The van der Waals surface area contributed by atoms with Crippen molar-refractivity contribution in [3.8, 4) is 6.07 Å². The standard InChI is InChI=1S/C21H21FN2O3S/c1-14-3-8-18-15(11-14)12-19(28-18)21(26)27-13-20(25)24(10-2-9-23)17-6-4-16(22)5-7-17/h4-7,12,14H,2-3,8,10-11,13H2,1H3. The summed E-state index contributed by atoms with van der Waals surface area (Å²) in [5.74, 6) is -0.777. The second kappa shape index (κ2) is 8.98. The summed E-state index contributed by atoms with van der Waals surface area (Å²) >= 11 is 1.43. The minimum absolute atomic E-state index is 0.118. The maximum Gasteiger partial charge on any atom is 0.348 e. The Bertz CT molecular complexity index is 901. The molecule has 28 heavy (non-hydrogen) atoms. The highest BCUT2D eigenvalue weighted by Crippen LogP contribution is 2.32. The average Bonchev–Trinajstić information content (AvgIpc) is 3.11. The zero-order valence-electron chi connectivity index (χ0n) is 15.6. The molecule has 0 saturated carbocycles. The predicted molar refractivity (Wildman–Crippen MR) is 105 cm³/mol. The molecule has 1 aromatic heterocycles. The van der Waals surface area contributed by atoms with E-state index in [9.17, 15) is 14.0 Å². The van der Waals surface area contributed by atoms with Gasteiger partial charge in [-0.15, -0.1) is 11.3 Å². The van der Waals surface area contributed by atoms with E-state index in [1.807, 2.05) is 12.1 Å². The van der Waals surface area contributed by atoms with Crippen LogP contribution < -0.4 is 4.90 Å². The lowest BCUT2D eigenvalue weighted by molar-refractivity contribution is -0.121. The summed E-state index contributed by atoms with van der Waals surface area (Å²) in [6, 6.07) is 9.25. The zero-order chi connectivity index (χ0) is 20.1. The number of thiophene rings is 1. The number of ether oxygens (including phenoxy) is 1. The molecule has 0 bridgehead atoms. The number of nitrogens with zero attached hydrogens (tertiary/aromatic N) is 2. The monoisotopic (exact) mass is 400 g/mol. The third kappa shape index (κ3) is 4.76. The first-order valence-corrected chi connectivity index (χ1v) is 10.0. The second-order valence-corrected chi connectivity index (χ2v) is 8.05. The predicted octanol–water partition coefficient (Wildman–Crippen LogP) is 4.12. The fraction of sp³-hybridized carbons (Fsp3) is 0.381. The molecular weight excluding hydrogens is 379 g/mol. The summed E-state index contributed by atoms with van der Waals surface area (Å²) in [6.45, 7) is 1.91. The van der Waals surface area contributed by atoms with Gasteiger partial charge in [-0.2, -0.15) is 5.26 Å². The number of hydrogen-bond donors (Lipinski definition) is 0. The van der Waals surface area contributed by atoms with E-state index in [0.29, 0.717) is 16.5 Å². The van der Waals surface area contributed by atoms with Crippen molar-refractivity contribution >= 4 is 28.9 Å². The minimum Gasteiger partial charge on any atom is -0.451 e. The SMILES string of the molecule is CC1CCc2sc(C(=O)OCC(=O)N(CCC#N)c3ccc(F)cc3)cc2C1. The van der Waals surface area contributed by atoms with Crippen molar-refractivity contribution in [3.63, 3.8) is 0 Å². The molecule has 1 aromatic carbocycles. The molecule has 0 aliphatic heterocycles. The summed E-state index contributed by atoms with van der Waals surface area (Å²) < 4.78 is 18.4. The number of rotatable bonds is 6. The Balaban J connectivity index is 1.64. The molecule has 0 saturated heterocycles. The molecule has 1 amide bonds. The van der Waals surface area contributed by atoms with Crippen molar-refractivity contribution in [3.05, 3.63) is 51.5 Å². The first-order chi connectivity index (χ1) is 13.5. The summed E-state index contributed by atoms with van der Waals surface area (Å²) in [7, 11) is 0. The van der Waals surface area contributed by atoms with Crippen LogP contribution in [0, 0.1) is 23.1 Å². The van der Waals surface area contributed by atoms with E-state index < -0.39 is 24.3 Å². The Kier molecular flexibility index (Phi) is 6.42. The van der Waals surface area contributed by atoms with Gasteiger partial charge in [-0.3, -0.25) is 4.79 Å². The number of amides is 1. The molecule has 1 heterocycles. The molecule has 1 aliphatic rings. The van der Waals surface area contributed by atoms with E-state index in [4.69, 9.17) is 10.00 Å². The quantitative estimate of drug-likeness (QED) is 0.684. The molecule has 2 aromatic rings. The number of esters is 1. The number of aryl methyl sites for hydroxylation is 1. The van der Waals surface area contributed by atoms with Gasteiger partial charge in [0.25, 0.3) is 5.91 Å². The summed E-state index contributed by atoms with van der Waals surface area (Å²) in [5.41, 5.74) is 1.65. The van der Waals surface area contributed by atoms with Gasteiger partial charge in [-0.1, -0.05) is 6.92 Å². The lowest BCUT2D eigenvalue weighted by atomic mass is 9.90. The van der Waals surface area contributed by atoms with Gasteiger partial charge in [-0.25, -0.2) is 9.18 Å². The highest BCUT2D eigenvalue weighted by molar-refractivity contribution is 7.14. The molecule has 5 nitrogen and oxygen atoms in total. The Labute approximate surface area is 167 Å². The molecule has 1 unspecified atom stereocenters. The van der Waals surface area contributed by atoms with Gasteiger partial charge in [0.2, 0.25) is 0 Å². The number of fused-ring (bicyclic) bond motifs is 1. The summed E-state index contributed by atoms with van der Waals surface area (Å²) in [6.07, 6.45) is 3.17. The van der Waals surface area contributed by atoms with Crippen LogP contribution in [0.2, 0.25) is 0 Å². The van der Waals surface area contributed by atoms with Crippen LogP contribution >= 0.6 is 11.3 Å². The van der Waals surface area contributed by atoms with Gasteiger partial charge in [-0.05, 0) is 61.1 Å². The Morgan fingerprint density at radius 3 is 2.82 bits per heavy atom. The van der Waals surface area contributed by atoms with Crippen LogP contribution in [0.4, 0.5) is 10.1 Å². The largest absolute Gasteiger partial charge is 0.451 e. The third-order valence-electron chi connectivity index (χ3n) is 4.74. The van der Waals surface area contributed by atoms with Gasteiger partial charge in [0.1, 0.15) is 10.7 Å². The number of halogens is 1. The number of carbonyl (C=O) groups is 2. The van der Waals surface area contributed by atoms with Gasteiger partial charge in [0.15, 0.2) is 6.61 Å². The highest BCUT2D eigenvalue weighted by Gasteiger charge is 2.23. The van der Waals surface area contributed by atoms with E-state index in [1.165, 1.54) is 50.9 Å². The Morgan fingerprint density at radius 1 is 1.36 bits per heavy atom. The number of benzene rings is 1. The first-order valence-electron chi connectivity index (χ1n) is 9.19. The molecule has 0 fully saturated rings. The molecule has 0 radical (unpaired) electrons. The van der Waals surface area contributed by atoms with Crippen LogP contribution in [-0.2, 0) is 22.4 Å². The molecule has 0 N–H and O–H groups in total. The van der Waals surface area contributed by atoms with Gasteiger partial charge < -0.3 is 9.64 Å². The van der Waals surface area contributed by atoms with Crippen LogP contribution in [0.15, 0.2) is 30.3 Å². The van der Waals surface area contributed by atoms with Crippen LogP contribution in [-0.4, -0.2) is 25.0 Å². The molecule has 3 rings (SSSR count). The first kappa shape index (κ1) is 20.0. The molecule has 0 spiro atoms. The topological polar surface area (TPSA) is 70.4 Å². The van der Waals surface area contributed by atoms with E-state index in [2.05, 4.69) is 6.92 Å². The molecule has 1 atom stereocenters. The van der Waals surface area contributed by atoms with Gasteiger partial charge in [0, 0.05) is 17.1 Å². The van der Waals surface area contributed by atoms with E-state index in [-0.39, 0.29) is 13.0 Å². The maximum absolute atomic E-state index is 13.1. The molecule has 7 heteroatoms. The Morgan fingerprint density at radius 2 is 2.11 bits per heavy atom. The van der Waals surface area contributed by atoms with E-state index in [1.54, 1.807) is 0 Å². The number of anilines is 1. The average molecular weight is 400 g/mol. The van der Waals surface area contributed by atoms with E-state index >= 15 is 0 Å².